The maximum atomic E-state index is 6.08. The highest BCUT2D eigenvalue weighted by Crippen LogP contribution is 2.31. The Morgan fingerprint density at radius 3 is 2.70 bits per heavy atom. The topological polar surface area (TPSA) is 57.0 Å². The average Bonchev–Trinajstić information content (AvgIpc) is 2.87. The molecule has 0 fully saturated rings. The van der Waals surface area contributed by atoms with E-state index in [0.717, 1.165) is 28.1 Å². The van der Waals surface area contributed by atoms with Crippen LogP contribution in [0.2, 0.25) is 5.02 Å². The predicted octanol–water partition coefficient (Wildman–Crippen LogP) is 4.09. The van der Waals surface area contributed by atoms with Crippen molar-refractivity contribution in [3.05, 3.63) is 46.4 Å². The molecule has 4 nitrogen and oxygen atoms in total. The summed E-state index contributed by atoms with van der Waals surface area (Å²) in [6.45, 7) is 5.99. The van der Waals surface area contributed by atoms with Crippen LogP contribution in [0.15, 0.2) is 28.7 Å². The highest BCUT2D eigenvalue weighted by molar-refractivity contribution is 6.31. The first kappa shape index (κ1) is 13.1. The Bertz CT molecular complexity index is 788. The highest BCUT2D eigenvalue weighted by Gasteiger charge is 2.19. The number of nitrogens with zero attached hydrogens (tertiary/aromatic N) is 2. The van der Waals surface area contributed by atoms with Crippen LogP contribution in [0.5, 0.6) is 0 Å². The number of hydrogen-bond donors (Lipinski definition) is 1. The third-order valence-corrected chi connectivity index (χ3v) is 3.83. The summed E-state index contributed by atoms with van der Waals surface area (Å²) >= 11 is 6.00. The lowest BCUT2D eigenvalue weighted by atomic mass is 10.1. The summed E-state index contributed by atoms with van der Waals surface area (Å²) in [5, 5.41) is 0.658. The van der Waals surface area contributed by atoms with E-state index in [1.54, 1.807) is 0 Å². The van der Waals surface area contributed by atoms with Crippen LogP contribution in [-0.2, 0) is 0 Å². The first-order chi connectivity index (χ1) is 9.47. The number of benzene rings is 1. The Kier molecular flexibility index (Phi) is 2.98. The molecule has 0 aliphatic heterocycles. The summed E-state index contributed by atoms with van der Waals surface area (Å²) in [4.78, 5) is 4.38. The molecule has 20 heavy (non-hydrogen) atoms. The van der Waals surface area contributed by atoms with Gasteiger partial charge in [0.05, 0.1) is 17.1 Å². The van der Waals surface area contributed by atoms with Crippen molar-refractivity contribution in [2.24, 2.45) is 0 Å². The molecule has 2 N–H and O–H groups in total. The number of nitrogen functional groups attached to an aromatic ring is 1. The number of fused-ring (bicyclic) bond motifs is 1. The van der Waals surface area contributed by atoms with Crippen molar-refractivity contribution in [2.75, 3.05) is 5.73 Å². The summed E-state index contributed by atoms with van der Waals surface area (Å²) in [5.74, 6) is 2.29. The molecule has 1 aromatic carbocycles. The first-order valence-corrected chi connectivity index (χ1v) is 6.85. The number of halogens is 1. The van der Waals surface area contributed by atoms with E-state index < -0.39 is 0 Å². The molecule has 0 aliphatic carbocycles. The van der Waals surface area contributed by atoms with Gasteiger partial charge in [-0.2, -0.15) is 0 Å². The normalized spacial score (nSPS) is 13.0. The number of hydrogen-bond acceptors (Lipinski definition) is 3. The van der Waals surface area contributed by atoms with Gasteiger partial charge in [0.25, 0.3) is 0 Å². The summed E-state index contributed by atoms with van der Waals surface area (Å²) in [7, 11) is 0. The standard InChI is InChI=1S/C15H16ClN3O/c1-8-6-12(10(3)20-8)9(2)19-14-5-4-11(16)7-13(14)18-15(19)17/h4-7,9H,1-3H3,(H2,17,18). The summed E-state index contributed by atoms with van der Waals surface area (Å²) < 4.78 is 7.61. The van der Waals surface area contributed by atoms with Gasteiger partial charge in [0.15, 0.2) is 0 Å². The van der Waals surface area contributed by atoms with Gasteiger partial charge in [0, 0.05) is 10.6 Å². The quantitative estimate of drug-likeness (QED) is 0.773. The van der Waals surface area contributed by atoms with Crippen molar-refractivity contribution in [3.63, 3.8) is 0 Å². The second-order valence-corrected chi connectivity index (χ2v) is 5.45. The summed E-state index contributed by atoms with van der Waals surface area (Å²) in [6.07, 6.45) is 0. The Labute approximate surface area is 122 Å². The lowest BCUT2D eigenvalue weighted by Crippen LogP contribution is -2.10. The molecular weight excluding hydrogens is 274 g/mol. The molecule has 2 aromatic heterocycles. The minimum Gasteiger partial charge on any atom is -0.466 e. The summed E-state index contributed by atoms with van der Waals surface area (Å²) in [5.41, 5.74) is 8.97. The molecule has 0 amide bonds. The first-order valence-electron chi connectivity index (χ1n) is 6.47. The Balaban J connectivity index is 2.18. The number of rotatable bonds is 2. The molecule has 0 saturated heterocycles. The fourth-order valence-corrected chi connectivity index (χ4v) is 2.87. The van der Waals surface area contributed by atoms with E-state index in [-0.39, 0.29) is 6.04 Å². The SMILES string of the molecule is Cc1cc(C(C)n2c(N)nc3cc(Cl)ccc32)c(C)o1. The lowest BCUT2D eigenvalue weighted by Gasteiger charge is -2.15. The van der Waals surface area contributed by atoms with Crippen molar-refractivity contribution in [2.45, 2.75) is 26.8 Å². The second kappa shape index (κ2) is 4.56. The summed E-state index contributed by atoms with van der Waals surface area (Å²) in [6, 6.07) is 7.71. The number of furan rings is 1. The van der Waals surface area contributed by atoms with Crippen LogP contribution in [0.25, 0.3) is 11.0 Å². The van der Waals surface area contributed by atoms with Gasteiger partial charge in [-0.3, -0.25) is 0 Å². The minimum atomic E-state index is 0.0543. The van der Waals surface area contributed by atoms with Crippen molar-refractivity contribution in [3.8, 4) is 0 Å². The van der Waals surface area contributed by atoms with E-state index in [1.807, 2.05) is 42.7 Å². The largest absolute Gasteiger partial charge is 0.466 e. The maximum absolute atomic E-state index is 6.08. The molecule has 0 aliphatic rings. The van der Waals surface area contributed by atoms with Gasteiger partial charge in [-0.25, -0.2) is 4.98 Å². The number of imidazole rings is 1. The second-order valence-electron chi connectivity index (χ2n) is 5.02. The number of aromatic nitrogens is 2. The van der Waals surface area contributed by atoms with Gasteiger partial charge in [0.1, 0.15) is 11.5 Å². The van der Waals surface area contributed by atoms with Crippen molar-refractivity contribution < 1.29 is 4.42 Å². The molecule has 3 aromatic rings. The van der Waals surface area contributed by atoms with E-state index in [2.05, 4.69) is 11.9 Å². The smallest absolute Gasteiger partial charge is 0.201 e. The maximum Gasteiger partial charge on any atom is 0.201 e. The highest BCUT2D eigenvalue weighted by atomic mass is 35.5. The van der Waals surface area contributed by atoms with Crippen LogP contribution in [0.1, 0.15) is 30.0 Å². The van der Waals surface area contributed by atoms with Crippen LogP contribution in [0.4, 0.5) is 5.95 Å². The zero-order valence-electron chi connectivity index (χ0n) is 11.6. The van der Waals surface area contributed by atoms with Crippen LogP contribution in [0.3, 0.4) is 0 Å². The minimum absolute atomic E-state index is 0.0543. The van der Waals surface area contributed by atoms with Crippen LogP contribution >= 0.6 is 11.6 Å². The van der Waals surface area contributed by atoms with E-state index in [1.165, 1.54) is 0 Å². The van der Waals surface area contributed by atoms with Crippen LogP contribution < -0.4 is 5.73 Å². The van der Waals surface area contributed by atoms with E-state index in [4.69, 9.17) is 21.8 Å². The Hall–Kier alpha value is -1.94. The van der Waals surface area contributed by atoms with Gasteiger partial charge >= 0.3 is 0 Å². The number of aryl methyl sites for hydroxylation is 2. The molecule has 0 spiro atoms. The zero-order chi connectivity index (χ0) is 14.4. The molecule has 104 valence electrons. The third-order valence-electron chi connectivity index (χ3n) is 3.60. The van der Waals surface area contributed by atoms with Gasteiger partial charge in [-0.15, -0.1) is 0 Å². The van der Waals surface area contributed by atoms with E-state index >= 15 is 0 Å². The van der Waals surface area contributed by atoms with Crippen molar-refractivity contribution in [1.29, 1.82) is 0 Å². The fraction of sp³-hybridized carbons (Fsp3) is 0.267. The molecule has 0 saturated carbocycles. The number of nitrogens with two attached hydrogens (primary N) is 1. The Morgan fingerprint density at radius 2 is 2.05 bits per heavy atom. The molecule has 3 rings (SSSR count). The zero-order valence-corrected chi connectivity index (χ0v) is 12.4. The molecule has 0 radical (unpaired) electrons. The average molecular weight is 290 g/mol. The van der Waals surface area contributed by atoms with Crippen LogP contribution in [0, 0.1) is 13.8 Å². The van der Waals surface area contributed by atoms with Crippen molar-refractivity contribution >= 4 is 28.6 Å². The molecule has 2 heterocycles. The predicted molar refractivity (Wildman–Crippen MR) is 81.2 cm³/mol. The van der Waals surface area contributed by atoms with E-state index in [0.29, 0.717) is 11.0 Å². The van der Waals surface area contributed by atoms with Crippen molar-refractivity contribution in [1.82, 2.24) is 9.55 Å². The van der Waals surface area contributed by atoms with Gasteiger partial charge in [-0.05, 0) is 45.0 Å². The molecule has 1 atom stereocenters. The number of anilines is 1. The molecule has 0 bridgehead atoms. The van der Waals surface area contributed by atoms with Gasteiger partial charge in [0.2, 0.25) is 5.95 Å². The van der Waals surface area contributed by atoms with E-state index in [9.17, 15) is 0 Å². The fourth-order valence-electron chi connectivity index (χ4n) is 2.70. The Morgan fingerprint density at radius 1 is 1.30 bits per heavy atom. The lowest BCUT2D eigenvalue weighted by molar-refractivity contribution is 0.495. The monoisotopic (exact) mass is 289 g/mol. The van der Waals surface area contributed by atoms with Gasteiger partial charge in [-0.1, -0.05) is 11.6 Å². The van der Waals surface area contributed by atoms with Gasteiger partial charge < -0.3 is 14.7 Å². The third kappa shape index (κ3) is 1.96. The molecule has 5 heteroatoms. The van der Waals surface area contributed by atoms with Crippen LogP contribution in [-0.4, -0.2) is 9.55 Å². The molecule has 1 unspecified atom stereocenters. The molecular formula is C15H16ClN3O.